The molecule has 0 aromatic heterocycles. The van der Waals surface area contributed by atoms with E-state index in [1.54, 1.807) is 0 Å². The van der Waals surface area contributed by atoms with E-state index in [0.29, 0.717) is 0 Å². The summed E-state index contributed by atoms with van der Waals surface area (Å²) in [5.74, 6) is 0. The molecule has 0 fully saturated rings. The van der Waals surface area contributed by atoms with Gasteiger partial charge in [-0.25, -0.2) is 14.2 Å². The molecule has 5 nitrogen and oxygen atoms in total. The van der Waals surface area contributed by atoms with Gasteiger partial charge in [-0.05, 0) is 42.7 Å². The van der Waals surface area contributed by atoms with E-state index in [1.807, 2.05) is 0 Å². The van der Waals surface area contributed by atoms with Crippen molar-refractivity contribution in [3.8, 4) is 0 Å². The Morgan fingerprint density at radius 3 is 2.34 bits per heavy atom. The summed E-state index contributed by atoms with van der Waals surface area (Å²) in [6.07, 6.45) is 2.08. The van der Waals surface area contributed by atoms with Crippen LogP contribution in [0, 0.1) is 13.8 Å². The molecule has 2 aliphatic heterocycles. The molecule has 0 spiro atoms. The first kappa shape index (κ1) is 22.8. The van der Waals surface area contributed by atoms with Crippen molar-refractivity contribution >= 4 is 24.9 Å². The molecule has 32 heavy (non-hydrogen) atoms. The lowest BCUT2D eigenvalue weighted by atomic mass is 9.84. The third-order valence-electron chi connectivity index (χ3n) is 7.13. The zero-order valence-corrected chi connectivity index (χ0v) is 21.6. The molecule has 0 N–H and O–H groups in total. The summed E-state index contributed by atoms with van der Waals surface area (Å²) in [7, 11) is 1.97. The van der Waals surface area contributed by atoms with Gasteiger partial charge in [0.05, 0.1) is 17.2 Å². The minimum absolute atomic E-state index is 0.131. The van der Waals surface area contributed by atoms with Crippen LogP contribution in [-0.4, -0.2) is 42.8 Å². The minimum atomic E-state index is -2.31. The highest BCUT2D eigenvalue weighted by Gasteiger charge is 2.47. The quantitative estimate of drug-likeness (QED) is 0.477. The second-order valence-corrected chi connectivity index (χ2v) is 12.2. The van der Waals surface area contributed by atoms with Gasteiger partial charge in [-0.2, -0.15) is 5.10 Å². The molecule has 170 valence electrons. The van der Waals surface area contributed by atoms with Gasteiger partial charge in [0, 0.05) is 44.0 Å². The van der Waals surface area contributed by atoms with Crippen LogP contribution >= 0.6 is 7.36 Å². The first-order chi connectivity index (χ1) is 15.2. The monoisotopic (exact) mass is 449 g/mol. The fourth-order valence-electron chi connectivity index (χ4n) is 5.23. The zero-order chi connectivity index (χ0) is 23.3. The standard InChI is InChI=1S/C26H36N5P/c1-9-31(10-2)32(28-22-16-13-14-19(3)20(22)4)24(18-27-30(32)8)25-26(5,6)21-15-11-12-17-23(21)29(25)7/h11-18H,9-10H2,1-8H3/b25-24-. The Bertz CT molecular complexity index is 1160. The fourth-order valence-corrected chi connectivity index (χ4v) is 9.00. The van der Waals surface area contributed by atoms with Gasteiger partial charge in [-0.15, -0.1) is 0 Å². The number of benzene rings is 2. The smallest absolute Gasteiger partial charge is 0.174 e. The number of allylic oxidation sites excluding steroid dienone is 2. The van der Waals surface area contributed by atoms with Gasteiger partial charge in [0.1, 0.15) is 0 Å². The van der Waals surface area contributed by atoms with Crippen LogP contribution in [0.15, 0.2) is 63.3 Å². The molecular weight excluding hydrogens is 413 g/mol. The van der Waals surface area contributed by atoms with Crippen molar-refractivity contribution in [2.45, 2.75) is 47.0 Å². The molecule has 0 saturated carbocycles. The van der Waals surface area contributed by atoms with Crippen molar-refractivity contribution < 1.29 is 0 Å². The fraction of sp³-hybridized carbons (Fsp3) is 0.423. The second kappa shape index (κ2) is 8.20. The van der Waals surface area contributed by atoms with E-state index in [4.69, 9.17) is 9.85 Å². The van der Waals surface area contributed by atoms with Gasteiger partial charge in [0.25, 0.3) is 0 Å². The van der Waals surface area contributed by atoms with Crippen LogP contribution in [0.2, 0.25) is 0 Å². The summed E-state index contributed by atoms with van der Waals surface area (Å²) in [6.45, 7) is 15.3. The van der Waals surface area contributed by atoms with Crippen LogP contribution in [0.4, 0.5) is 11.4 Å². The maximum atomic E-state index is 5.62. The van der Waals surface area contributed by atoms with Crippen molar-refractivity contribution in [3.05, 3.63) is 70.2 Å². The van der Waals surface area contributed by atoms with Crippen LogP contribution in [-0.2, 0) is 5.41 Å². The van der Waals surface area contributed by atoms with Crippen LogP contribution in [0.25, 0.3) is 0 Å². The summed E-state index contributed by atoms with van der Waals surface area (Å²) in [4.78, 5) is 2.37. The second-order valence-electron chi connectivity index (χ2n) is 9.20. The number of fused-ring (bicyclic) bond motifs is 1. The SMILES string of the molecule is CCN(CC)P1(=Nc2cccc(C)c2C)/C(=C2\N(C)c3ccccc3C2(C)C)C=NN1C. The topological polar surface area (TPSA) is 34.4 Å². The third kappa shape index (κ3) is 3.17. The van der Waals surface area contributed by atoms with E-state index in [9.17, 15) is 0 Å². The van der Waals surface area contributed by atoms with Crippen LogP contribution in [0.1, 0.15) is 44.4 Å². The third-order valence-corrected chi connectivity index (χ3v) is 10.9. The number of likely N-dealkylation sites (N-methyl/N-ethyl adjacent to an activating group) is 1. The number of anilines is 1. The van der Waals surface area contributed by atoms with Gasteiger partial charge < -0.3 is 4.90 Å². The number of hydrazone groups is 1. The molecule has 0 saturated heterocycles. The molecule has 0 radical (unpaired) electrons. The lowest BCUT2D eigenvalue weighted by Crippen LogP contribution is -2.30. The van der Waals surface area contributed by atoms with Gasteiger partial charge in [-0.3, -0.25) is 0 Å². The molecule has 0 aliphatic carbocycles. The van der Waals surface area contributed by atoms with Crippen LogP contribution in [0.3, 0.4) is 0 Å². The van der Waals surface area contributed by atoms with Crippen molar-refractivity contribution in [1.29, 1.82) is 0 Å². The molecule has 2 aliphatic rings. The van der Waals surface area contributed by atoms with Crippen molar-refractivity contribution in [2.75, 3.05) is 32.1 Å². The van der Waals surface area contributed by atoms with Gasteiger partial charge in [0.2, 0.25) is 0 Å². The normalized spacial score (nSPS) is 23.9. The maximum Gasteiger partial charge on any atom is 0.174 e. The molecule has 2 aromatic rings. The van der Waals surface area contributed by atoms with E-state index in [-0.39, 0.29) is 5.41 Å². The summed E-state index contributed by atoms with van der Waals surface area (Å²) in [5.41, 5.74) is 7.38. The Morgan fingerprint density at radius 2 is 1.69 bits per heavy atom. The molecular formula is C26H36N5P. The average Bonchev–Trinajstić information content (AvgIpc) is 3.18. The van der Waals surface area contributed by atoms with Gasteiger partial charge in [-0.1, -0.05) is 58.0 Å². The number of hydrogen-bond acceptors (Lipinski definition) is 3. The summed E-state index contributed by atoms with van der Waals surface area (Å²) in [5, 5.41) is 6.14. The van der Waals surface area contributed by atoms with E-state index in [1.165, 1.54) is 33.4 Å². The zero-order valence-electron chi connectivity index (χ0n) is 20.7. The lowest BCUT2D eigenvalue weighted by Gasteiger charge is -2.39. The molecule has 0 amide bonds. The van der Waals surface area contributed by atoms with Crippen molar-refractivity contribution in [2.24, 2.45) is 9.85 Å². The average molecular weight is 450 g/mol. The Morgan fingerprint density at radius 1 is 1.00 bits per heavy atom. The summed E-state index contributed by atoms with van der Waals surface area (Å²) < 4.78 is 10.3. The first-order valence-electron chi connectivity index (χ1n) is 11.5. The Balaban J connectivity index is 2.09. The highest BCUT2D eigenvalue weighted by molar-refractivity contribution is 7.67. The lowest BCUT2D eigenvalue weighted by molar-refractivity contribution is 0.452. The predicted octanol–water partition coefficient (Wildman–Crippen LogP) is 6.88. The maximum absolute atomic E-state index is 5.62. The van der Waals surface area contributed by atoms with E-state index in [0.717, 1.165) is 18.8 Å². The number of nitrogens with zero attached hydrogens (tertiary/aromatic N) is 5. The van der Waals surface area contributed by atoms with E-state index in [2.05, 4.69) is 119 Å². The number of rotatable bonds is 4. The molecule has 1 atom stereocenters. The summed E-state index contributed by atoms with van der Waals surface area (Å²) >= 11 is 0. The van der Waals surface area contributed by atoms with Crippen molar-refractivity contribution in [1.82, 2.24) is 9.45 Å². The molecule has 4 rings (SSSR count). The number of para-hydroxylation sites is 1. The molecule has 0 bridgehead atoms. The number of aryl methyl sites for hydroxylation is 1. The Labute approximate surface area is 193 Å². The summed E-state index contributed by atoms with van der Waals surface area (Å²) in [6, 6.07) is 15.2. The van der Waals surface area contributed by atoms with Gasteiger partial charge in [0.15, 0.2) is 7.36 Å². The molecule has 2 heterocycles. The first-order valence-corrected chi connectivity index (χ1v) is 13.2. The molecule has 1 unspecified atom stereocenters. The minimum Gasteiger partial charge on any atom is -0.346 e. The molecule has 2 aromatic carbocycles. The predicted molar refractivity (Wildman–Crippen MR) is 139 cm³/mol. The largest absolute Gasteiger partial charge is 0.346 e. The van der Waals surface area contributed by atoms with Crippen LogP contribution in [0.5, 0.6) is 0 Å². The van der Waals surface area contributed by atoms with Crippen molar-refractivity contribution in [3.63, 3.8) is 0 Å². The van der Waals surface area contributed by atoms with E-state index < -0.39 is 7.36 Å². The van der Waals surface area contributed by atoms with E-state index >= 15 is 0 Å². The Kier molecular flexibility index (Phi) is 5.85. The van der Waals surface area contributed by atoms with Crippen LogP contribution < -0.4 is 4.90 Å². The Hall–Kier alpha value is -2.36. The van der Waals surface area contributed by atoms with Gasteiger partial charge >= 0.3 is 0 Å². The molecule has 6 heteroatoms. The number of hydrogen-bond donors (Lipinski definition) is 0. The highest BCUT2D eigenvalue weighted by atomic mass is 31.2. The highest BCUT2D eigenvalue weighted by Crippen LogP contribution is 2.69.